The first-order chi connectivity index (χ1) is 28.2. The Balaban J connectivity index is 1.02. The van der Waals surface area contributed by atoms with Gasteiger partial charge in [-0.15, -0.1) is 0 Å². The molecule has 3 nitrogen and oxygen atoms in total. The van der Waals surface area contributed by atoms with Crippen molar-refractivity contribution in [2.24, 2.45) is 0 Å². The Kier molecular flexibility index (Phi) is 7.90. The Morgan fingerprint density at radius 3 is 1.77 bits per heavy atom. The summed E-state index contributed by atoms with van der Waals surface area (Å²) < 4.78 is 16.1. The van der Waals surface area contributed by atoms with E-state index in [0.717, 1.165) is 93.5 Å². The van der Waals surface area contributed by atoms with Crippen LogP contribution in [0.25, 0.3) is 94.5 Å². The van der Waals surface area contributed by atoms with E-state index in [4.69, 9.17) is 4.98 Å². The van der Waals surface area contributed by atoms with Crippen LogP contribution in [0.4, 0.5) is 0 Å². The fourth-order valence-corrected chi connectivity index (χ4v) is 10.1. The first-order valence-corrected chi connectivity index (χ1v) is 20.4. The van der Waals surface area contributed by atoms with Crippen molar-refractivity contribution < 1.29 is 4.21 Å². The van der Waals surface area contributed by atoms with Crippen LogP contribution >= 0.6 is 0 Å². The molecule has 0 fully saturated rings. The van der Waals surface area contributed by atoms with Gasteiger partial charge in [-0.3, -0.25) is 0 Å². The highest BCUT2D eigenvalue weighted by Gasteiger charge is 2.28. The Hall–Kier alpha value is -7.14. The summed E-state index contributed by atoms with van der Waals surface area (Å²) in [6.07, 6.45) is 0. The van der Waals surface area contributed by atoms with Crippen molar-refractivity contribution in [3.8, 4) is 72.7 Å². The van der Waals surface area contributed by atoms with Crippen LogP contribution in [0, 0.1) is 0 Å². The van der Waals surface area contributed by atoms with Gasteiger partial charge in [-0.2, -0.15) is 0 Å². The summed E-state index contributed by atoms with van der Waals surface area (Å²) in [6.45, 7) is 0. The second kappa shape index (κ2) is 13.6. The van der Waals surface area contributed by atoms with Gasteiger partial charge in [-0.05, 0) is 87.5 Å². The van der Waals surface area contributed by atoms with Gasteiger partial charge in [-0.25, -0.2) is 9.19 Å². The number of para-hydroxylation sites is 1. The van der Waals surface area contributed by atoms with Crippen molar-refractivity contribution in [1.82, 2.24) is 9.55 Å². The molecule has 1 aliphatic rings. The minimum Gasteiger partial charge on any atom is -0.309 e. The van der Waals surface area contributed by atoms with Gasteiger partial charge in [0.25, 0.3) is 0 Å². The summed E-state index contributed by atoms with van der Waals surface area (Å²) in [7, 11) is -1.22. The van der Waals surface area contributed by atoms with Crippen LogP contribution in [0.1, 0.15) is 0 Å². The van der Waals surface area contributed by atoms with E-state index in [1.165, 1.54) is 10.8 Å². The van der Waals surface area contributed by atoms with Crippen LogP contribution in [0.2, 0.25) is 0 Å². The Morgan fingerprint density at radius 1 is 0.368 bits per heavy atom. The third-order valence-electron chi connectivity index (χ3n) is 11.2. The standard InChI is InChI=1S/C53H34N2OS/c56-57-52-25-12-10-21-45(52)46-23-13-22-42(53(46)57)36-26-29-40(30-27-36)55-50-24-11-9-20-44(50)47-32-38(28-31-51(47)55)41-18-7-8-19-43(41)49-34-39(35-14-3-1-4-15-35)33-48(54-49)37-16-5-2-6-17-37/h1-34H. The quantitative estimate of drug-likeness (QED) is 0.170. The SMILES string of the molecule is O=S1c2ccccc2-c2cccc(-c3ccc(-n4c5ccccc5c5cc(-c6ccccc6-c6cc(-c7ccccc7)cc(-c7ccccc7)n6)ccc54)cc3)c21. The van der Waals surface area contributed by atoms with Gasteiger partial charge in [0.1, 0.15) is 0 Å². The van der Waals surface area contributed by atoms with E-state index in [1.807, 2.05) is 24.3 Å². The van der Waals surface area contributed by atoms with Crippen LogP contribution in [0.15, 0.2) is 216 Å². The Morgan fingerprint density at radius 2 is 0.965 bits per heavy atom. The molecule has 8 aromatic carbocycles. The predicted octanol–water partition coefficient (Wildman–Crippen LogP) is 13.7. The molecule has 1 unspecified atom stereocenters. The van der Waals surface area contributed by atoms with Gasteiger partial charge in [0.05, 0.1) is 43.0 Å². The van der Waals surface area contributed by atoms with Gasteiger partial charge in [-0.1, -0.05) is 158 Å². The molecule has 57 heavy (non-hydrogen) atoms. The third kappa shape index (κ3) is 5.56. The maximum absolute atomic E-state index is 13.7. The maximum atomic E-state index is 13.7. The average Bonchev–Trinajstić information content (AvgIpc) is 3.78. The van der Waals surface area contributed by atoms with E-state index in [1.54, 1.807) is 0 Å². The van der Waals surface area contributed by atoms with Crippen molar-refractivity contribution in [1.29, 1.82) is 0 Å². The van der Waals surface area contributed by atoms with Crippen LogP contribution in [-0.4, -0.2) is 13.8 Å². The zero-order chi connectivity index (χ0) is 37.9. The van der Waals surface area contributed by atoms with Crippen molar-refractivity contribution in [3.05, 3.63) is 206 Å². The molecule has 0 amide bonds. The van der Waals surface area contributed by atoms with Gasteiger partial charge in [0.2, 0.25) is 0 Å². The number of pyridine rings is 1. The average molecular weight is 747 g/mol. The maximum Gasteiger partial charge on any atom is 0.0868 e. The lowest BCUT2D eigenvalue weighted by molar-refractivity contribution is 0.685. The molecule has 0 aliphatic carbocycles. The van der Waals surface area contributed by atoms with Crippen LogP contribution < -0.4 is 0 Å². The summed E-state index contributed by atoms with van der Waals surface area (Å²) in [4.78, 5) is 7.07. The zero-order valence-corrected chi connectivity index (χ0v) is 31.7. The third-order valence-corrected chi connectivity index (χ3v) is 12.8. The minimum atomic E-state index is -1.22. The van der Waals surface area contributed by atoms with Crippen LogP contribution in [0.5, 0.6) is 0 Å². The molecule has 0 saturated carbocycles. The molecule has 2 aromatic heterocycles. The smallest absolute Gasteiger partial charge is 0.0868 e. The molecule has 0 saturated heterocycles. The fraction of sp³-hybridized carbons (Fsp3) is 0. The number of nitrogens with zero attached hydrogens (tertiary/aromatic N) is 2. The predicted molar refractivity (Wildman–Crippen MR) is 236 cm³/mol. The Bertz CT molecular complexity index is 3130. The highest BCUT2D eigenvalue weighted by atomic mass is 32.2. The summed E-state index contributed by atoms with van der Waals surface area (Å²) in [6, 6.07) is 72.4. The highest BCUT2D eigenvalue weighted by Crippen LogP contribution is 2.46. The van der Waals surface area contributed by atoms with E-state index in [2.05, 4.69) is 187 Å². The monoisotopic (exact) mass is 746 g/mol. The lowest BCUT2D eigenvalue weighted by Gasteiger charge is -2.14. The first-order valence-electron chi connectivity index (χ1n) is 19.2. The topological polar surface area (TPSA) is 34.9 Å². The second-order valence-corrected chi connectivity index (χ2v) is 15.9. The number of aromatic nitrogens is 2. The first kappa shape index (κ1) is 33.2. The molecule has 268 valence electrons. The summed E-state index contributed by atoms with van der Waals surface area (Å²) in [5.41, 5.74) is 16.2. The molecule has 10 aromatic rings. The molecule has 0 spiro atoms. The summed E-state index contributed by atoms with van der Waals surface area (Å²) in [5.74, 6) is 0. The number of hydrogen-bond acceptors (Lipinski definition) is 2. The second-order valence-electron chi connectivity index (χ2n) is 14.5. The van der Waals surface area contributed by atoms with Crippen LogP contribution in [0.3, 0.4) is 0 Å². The van der Waals surface area contributed by atoms with Crippen molar-refractivity contribution >= 4 is 32.6 Å². The molecule has 0 N–H and O–H groups in total. The summed E-state index contributed by atoms with van der Waals surface area (Å²) in [5, 5.41) is 2.38. The van der Waals surface area contributed by atoms with E-state index in [9.17, 15) is 4.21 Å². The molecule has 0 radical (unpaired) electrons. The number of hydrogen-bond donors (Lipinski definition) is 0. The minimum absolute atomic E-state index is 0.887. The largest absolute Gasteiger partial charge is 0.309 e. The molecular weight excluding hydrogens is 713 g/mol. The zero-order valence-electron chi connectivity index (χ0n) is 30.8. The fourth-order valence-electron chi connectivity index (χ4n) is 8.53. The molecular formula is C53H34N2OS. The molecule has 11 rings (SSSR count). The number of rotatable bonds is 6. The lowest BCUT2D eigenvalue weighted by atomic mass is 9.94. The van der Waals surface area contributed by atoms with Gasteiger partial charge in [0, 0.05) is 33.2 Å². The Labute approximate surface area is 333 Å². The number of fused-ring (bicyclic) bond motifs is 6. The molecule has 0 bridgehead atoms. The van der Waals surface area contributed by atoms with E-state index in [0.29, 0.717) is 0 Å². The van der Waals surface area contributed by atoms with E-state index in [-0.39, 0.29) is 0 Å². The molecule has 1 atom stereocenters. The van der Waals surface area contributed by atoms with Crippen molar-refractivity contribution in [2.45, 2.75) is 9.79 Å². The highest BCUT2D eigenvalue weighted by molar-refractivity contribution is 7.86. The lowest BCUT2D eigenvalue weighted by Crippen LogP contribution is -1.95. The van der Waals surface area contributed by atoms with Gasteiger partial charge in [0.15, 0.2) is 0 Å². The van der Waals surface area contributed by atoms with Gasteiger partial charge >= 0.3 is 0 Å². The molecule has 4 heteroatoms. The van der Waals surface area contributed by atoms with E-state index < -0.39 is 10.8 Å². The molecule has 1 aliphatic heterocycles. The van der Waals surface area contributed by atoms with Crippen molar-refractivity contribution in [3.63, 3.8) is 0 Å². The van der Waals surface area contributed by atoms with E-state index >= 15 is 0 Å². The normalized spacial score (nSPS) is 13.2. The molecule has 3 heterocycles. The summed E-state index contributed by atoms with van der Waals surface area (Å²) >= 11 is 0. The number of benzene rings is 8. The van der Waals surface area contributed by atoms with Gasteiger partial charge < -0.3 is 4.57 Å². The van der Waals surface area contributed by atoms with Crippen molar-refractivity contribution in [2.75, 3.05) is 0 Å². The van der Waals surface area contributed by atoms with Crippen LogP contribution in [-0.2, 0) is 10.8 Å².